The molecule has 4 rings (SSSR count). The lowest BCUT2D eigenvalue weighted by molar-refractivity contribution is -0.384. The molecule has 0 saturated heterocycles. The number of carbonyl (C=O) groups is 1. The average molecular weight is 416 g/mol. The number of nitrogens with one attached hydrogen (secondary N) is 2. The van der Waals surface area contributed by atoms with E-state index in [0.29, 0.717) is 11.3 Å². The van der Waals surface area contributed by atoms with Crippen LogP contribution in [0, 0.1) is 10.1 Å². The minimum Gasteiger partial charge on any atom is -0.333 e. The Morgan fingerprint density at radius 2 is 1.87 bits per heavy atom. The van der Waals surface area contributed by atoms with Crippen LogP contribution in [0.2, 0.25) is 0 Å². The van der Waals surface area contributed by atoms with Gasteiger partial charge in [-0.15, -0.1) is 0 Å². The lowest BCUT2D eigenvalue weighted by atomic mass is 10.2. The Balaban J connectivity index is 1.37. The van der Waals surface area contributed by atoms with Crippen molar-refractivity contribution in [2.24, 2.45) is 0 Å². The molecule has 0 atom stereocenters. The van der Waals surface area contributed by atoms with E-state index in [4.69, 9.17) is 0 Å². The molecule has 1 amide bonds. The van der Waals surface area contributed by atoms with Crippen LogP contribution in [0.3, 0.4) is 0 Å². The number of aromatic nitrogens is 2. The molecule has 0 fully saturated rings. The second kappa shape index (κ2) is 8.62. The highest BCUT2D eigenvalue weighted by Crippen LogP contribution is 2.28. The van der Waals surface area contributed by atoms with Gasteiger partial charge < -0.3 is 10.3 Å². The van der Waals surface area contributed by atoms with E-state index in [2.05, 4.69) is 15.3 Å². The standard InChI is InChI=1S/C22H16N4O3S/c27-21(13-8-15-4-3-5-17(14-15)26(28)29)23-16-9-11-18(12-10-16)30-22-24-19-6-1-2-7-20(19)25-22/h1-14H,(H,23,27)(H,24,25)/b13-8+. The number of imidazole rings is 1. The number of amides is 1. The van der Waals surface area contributed by atoms with Crippen LogP contribution >= 0.6 is 11.8 Å². The second-order valence-electron chi connectivity index (χ2n) is 6.36. The molecule has 2 N–H and O–H groups in total. The smallest absolute Gasteiger partial charge is 0.270 e. The van der Waals surface area contributed by atoms with Gasteiger partial charge in [-0.3, -0.25) is 14.9 Å². The number of non-ortho nitro benzene ring substituents is 1. The van der Waals surface area contributed by atoms with Crippen molar-refractivity contribution in [2.45, 2.75) is 10.1 Å². The van der Waals surface area contributed by atoms with E-state index < -0.39 is 4.92 Å². The van der Waals surface area contributed by atoms with Crippen LogP contribution in [0.1, 0.15) is 5.56 Å². The van der Waals surface area contributed by atoms with E-state index in [1.165, 1.54) is 36.0 Å². The summed E-state index contributed by atoms with van der Waals surface area (Å²) in [6, 6.07) is 21.3. The Labute approximate surface area is 176 Å². The topological polar surface area (TPSA) is 101 Å². The van der Waals surface area contributed by atoms with Crippen molar-refractivity contribution >= 4 is 46.2 Å². The molecule has 8 heteroatoms. The quantitative estimate of drug-likeness (QED) is 0.253. The van der Waals surface area contributed by atoms with Gasteiger partial charge in [-0.25, -0.2) is 4.98 Å². The Hall–Kier alpha value is -3.91. The van der Waals surface area contributed by atoms with Gasteiger partial charge in [-0.2, -0.15) is 0 Å². The van der Waals surface area contributed by atoms with Crippen molar-refractivity contribution in [3.63, 3.8) is 0 Å². The van der Waals surface area contributed by atoms with E-state index in [0.717, 1.165) is 21.1 Å². The minimum atomic E-state index is -0.470. The highest BCUT2D eigenvalue weighted by Gasteiger charge is 2.06. The molecule has 0 radical (unpaired) electrons. The summed E-state index contributed by atoms with van der Waals surface area (Å²) in [7, 11) is 0. The van der Waals surface area contributed by atoms with Crippen LogP contribution in [-0.2, 0) is 4.79 Å². The Morgan fingerprint density at radius 3 is 2.63 bits per heavy atom. The fraction of sp³-hybridized carbons (Fsp3) is 0. The predicted octanol–water partition coefficient (Wildman–Crippen LogP) is 5.27. The lowest BCUT2D eigenvalue weighted by Gasteiger charge is -2.03. The number of nitro benzene ring substituents is 1. The van der Waals surface area contributed by atoms with E-state index in [-0.39, 0.29) is 11.6 Å². The number of hydrogen-bond acceptors (Lipinski definition) is 5. The van der Waals surface area contributed by atoms with E-state index in [1.807, 2.05) is 48.5 Å². The number of carbonyl (C=O) groups excluding carboxylic acids is 1. The van der Waals surface area contributed by atoms with Crippen molar-refractivity contribution in [1.82, 2.24) is 9.97 Å². The summed E-state index contributed by atoms with van der Waals surface area (Å²) in [6.45, 7) is 0. The molecule has 0 saturated carbocycles. The molecule has 4 aromatic rings. The van der Waals surface area contributed by atoms with Crippen LogP contribution in [0.15, 0.2) is 88.9 Å². The first-order chi connectivity index (χ1) is 14.6. The van der Waals surface area contributed by atoms with Gasteiger partial charge in [0.05, 0.1) is 16.0 Å². The van der Waals surface area contributed by atoms with Gasteiger partial charge in [0, 0.05) is 28.8 Å². The summed E-state index contributed by atoms with van der Waals surface area (Å²) in [4.78, 5) is 31.3. The predicted molar refractivity (Wildman–Crippen MR) is 117 cm³/mol. The molecule has 3 aromatic carbocycles. The average Bonchev–Trinajstić information content (AvgIpc) is 3.16. The van der Waals surface area contributed by atoms with Gasteiger partial charge >= 0.3 is 0 Å². The third-order valence-electron chi connectivity index (χ3n) is 4.21. The maximum absolute atomic E-state index is 12.1. The molecule has 0 aliphatic rings. The molecule has 0 aliphatic heterocycles. The fourth-order valence-electron chi connectivity index (χ4n) is 2.79. The minimum absolute atomic E-state index is 0.0184. The molecule has 0 spiro atoms. The molecule has 0 aliphatic carbocycles. The number of H-pyrrole nitrogens is 1. The zero-order chi connectivity index (χ0) is 20.9. The highest BCUT2D eigenvalue weighted by molar-refractivity contribution is 7.99. The fourth-order valence-corrected chi connectivity index (χ4v) is 3.59. The van der Waals surface area contributed by atoms with Gasteiger partial charge in [0.25, 0.3) is 5.69 Å². The molecule has 0 unspecified atom stereocenters. The molecule has 1 heterocycles. The largest absolute Gasteiger partial charge is 0.333 e. The molecule has 148 valence electrons. The summed E-state index contributed by atoms with van der Waals surface area (Å²) < 4.78 is 0. The first-order valence-corrected chi connectivity index (χ1v) is 9.85. The number of hydrogen-bond donors (Lipinski definition) is 2. The van der Waals surface area contributed by atoms with Crippen LogP contribution < -0.4 is 5.32 Å². The van der Waals surface area contributed by atoms with Crippen LogP contribution in [0.5, 0.6) is 0 Å². The third kappa shape index (κ3) is 4.73. The SMILES string of the molecule is O=C(/C=C/c1cccc([N+](=O)[O-])c1)Nc1ccc(Sc2nc3ccccc3[nH]2)cc1. The summed E-state index contributed by atoms with van der Waals surface area (Å²) in [6.07, 6.45) is 2.88. The third-order valence-corrected chi connectivity index (χ3v) is 5.11. The number of fused-ring (bicyclic) bond motifs is 1. The maximum atomic E-state index is 12.1. The summed E-state index contributed by atoms with van der Waals surface area (Å²) in [5.74, 6) is -0.320. The van der Waals surface area contributed by atoms with Crippen molar-refractivity contribution in [2.75, 3.05) is 5.32 Å². The Morgan fingerprint density at radius 1 is 1.07 bits per heavy atom. The zero-order valence-electron chi connectivity index (χ0n) is 15.6. The number of nitrogens with zero attached hydrogens (tertiary/aromatic N) is 2. The first-order valence-electron chi connectivity index (χ1n) is 9.03. The molecular weight excluding hydrogens is 400 g/mol. The number of benzene rings is 3. The van der Waals surface area contributed by atoms with E-state index in [9.17, 15) is 14.9 Å². The molecule has 7 nitrogen and oxygen atoms in total. The molecule has 1 aromatic heterocycles. The Bertz CT molecular complexity index is 1220. The molecule has 0 bridgehead atoms. The van der Waals surface area contributed by atoms with E-state index >= 15 is 0 Å². The van der Waals surface area contributed by atoms with Gasteiger partial charge in [0.1, 0.15) is 0 Å². The van der Waals surface area contributed by atoms with Crippen LogP contribution in [-0.4, -0.2) is 20.8 Å². The van der Waals surface area contributed by atoms with Crippen molar-refractivity contribution < 1.29 is 9.72 Å². The second-order valence-corrected chi connectivity index (χ2v) is 7.42. The van der Waals surface area contributed by atoms with Crippen LogP contribution in [0.25, 0.3) is 17.1 Å². The van der Waals surface area contributed by atoms with Gasteiger partial charge in [0.2, 0.25) is 5.91 Å². The van der Waals surface area contributed by atoms with Gasteiger partial charge in [-0.1, -0.05) is 36.0 Å². The first kappa shape index (κ1) is 19.4. The summed E-state index contributed by atoms with van der Waals surface area (Å²) >= 11 is 1.50. The maximum Gasteiger partial charge on any atom is 0.270 e. The van der Waals surface area contributed by atoms with Gasteiger partial charge in [-0.05, 0) is 48.0 Å². The van der Waals surface area contributed by atoms with Crippen molar-refractivity contribution in [3.05, 3.63) is 94.6 Å². The molecule has 30 heavy (non-hydrogen) atoms. The lowest BCUT2D eigenvalue weighted by Crippen LogP contribution is -2.07. The van der Waals surface area contributed by atoms with Gasteiger partial charge in [0.15, 0.2) is 5.16 Å². The number of aromatic amines is 1. The summed E-state index contributed by atoms with van der Waals surface area (Å²) in [5.41, 5.74) is 3.11. The number of para-hydroxylation sites is 2. The summed E-state index contributed by atoms with van der Waals surface area (Å²) in [5, 5.41) is 14.4. The van der Waals surface area contributed by atoms with Crippen molar-refractivity contribution in [3.8, 4) is 0 Å². The Kier molecular flexibility index (Phi) is 5.58. The zero-order valence-corrected chi connectivity index (χ0v) is 16.4. The van der Waals surface area contributed by atoms with Crippen LogP contribution in [0.4, 0.5) is 11.4 Å². The highest BCUT2D eigenvalue weighted by atomic mass is 32.2. The number of rotatable bonds is 6. The number of nitro groups is 1. The molecular formula is C22H16N4O3S. The normalized spacial score (nSPS) is 11.1. The number of anilines is 1. The van der Waals surface area contributed by atoms with E-state index in [1.54, 1.807) is 12.1 Å². The van der Waals surface area contributed by atoms with Crippen molar-refractivity contribution in [1.29, 1.82) is 0 Å². The monoisotopic (exact) mass is 416 g/mol.